The molecule has 1 amide bonds. The first-order chi connectivity index (χ1) is 23.4. The standard InChI is InChI=1S/C35H29N9O4/c1-44(27-15-13-23(14-16-27)5-4-6-26(19-36)32-41-28-7-2-3-8-29(28)48-32)17-18-46-35(45)38-20-24-9-11-25(12-10-24)21-47-33-30-31(40-22-39-30)42-34(37)43-33/h2-3,6-16,22H,17-18,20-21H2,1H3,(H,38,45)(H3,37,39,40,42,43)/b26-6+. The first-order valence-electron chi connectivity index (χ1n) is 14.8. The van der Waals surface area contributed by atoms with Crippen molar-refractivity contribution in [2.45, 2.75) is 13.2 Å². The van der Waals surface area contributed by atoms with E-state index in [0.717, 1.165) is 22.4 Å². The largest absolute Gasteiger partial charge is 0.471 e. The number of amides is 1. The molecule has 13 heteroatoms. The van der Waals surface area contributed by atoms with Gasteiger partial charge in [-0.1, -0.05) is 48.2 Å². The van der Waals surface area contributed by atoms with Gasteiger partial charge in [-0.05, 0) is 47.5 Å². The number of aromatic nitrogens is 5. The number of ether oxygens (including phenoxy) is 2. The summed E-state index contributed by atoms with van der Waals surface area (Å²) >= 11 is 0. The van der Waals surface area contributed by atoms with Crippen molar-refractivity contribution in [1.29, 1.82) is 5.26 Å². The van der Waals surface area contributed by atoms with Crippen LogP contribution in [0.15, 0.2) is 89.6 Å². The summed E-state index contributed by atoms with van der Waals surface area (Å²) < 4.78 is 16.8. The predicted octanol–water partition coefficient (Wildman–Crippen LogP) is 4.98. The summed E-state index contributed by atoms with van der Waals surface area (Å²) in [6.07, 6.45) is 2.50. The molecule has 0 spiro atoms. The minimum Gasteiger partial charge on any atom is -0.471 e. The Balaban J connectivity index is 0.918. The van der Waals surface area contributed by atoms with E-state index in [4.69, 9.17) is 19.6 Å². The predicted molar refractivity (Wildman–Crippen MR) is 179 cm³/mol. The van der Waals surface area contributed by atoms with Gasteiger partial charge in [0, 0.05) is 30.9 Å². The van der Waals surface area contributed by atoms with Crippen molar-refractivity contribution in [3.05, 3.63) is 108 Å². The van der Waals surface area contributed by atoms with Crippen molar-refractivity contribution in [3.63, 3.8) is 0 Å². The second kappa shape index (κ2) is 14.5. The first-order valence-corrected chi connectivity index (χ1v) is 14.8. The topological polar surface area (TPSA) is 181 Å². The molecule has 3 aromatic heterocycles. The molecule has 0 saturated heterocycles. The van der Waals surface area contributed by atoms with Crippen LogP contribution in [0.1, 0.15) is 22.6 Å². The lowest BCUT2D eigenvalue weighted by atomic mass is 10.1. The fourth-order valence-corrected chi connectivity index (χ4v) is 4.58. The highest BCUT2D eigenvalue weighted by molar-refractivity contribution is 5.80. The van der Waals surface area contributed by atoms with E-state index in [1.165, 1.54) is 12.4 Å². The molecule has 0 unspecified atom stereocenters. The van der Waals surface area contributed by atoms with Gasteiger partial charge in [-0.2, -0.15) is 15.2 Å². The number of nitrogens with zero attached hydrogens (tertiary/aromatic N) is 6. The number of nitrogens with one attached hydrogen (secondary N) is 2. The summed E-state index contributed by atoms with van der Waals surface area (Å²) in [7, 11) is 1.91. The van der Waals surface area contributed by atoms with E-state index in [2.05, 4.69) is 48.1 Å². The molecule has 0 fully saturated rings. The monoisotopic (exact) mass is 639 g/mol. The number of oxazole rings is 1. The Hall–Kier alpha value is -6.86. The van der Waals surface area contributed by atoms with Gasteiger partial charge in [0.2, 0.25) is 17.7 Å². The lowest BCUT2D eigenvalue weighted by Crippen LogP contribution is -2.28. The van der Waals surface area contributed by atoms with Crippen molar-refractivity contribution < 1.29 is 18.7 Å². The minimum atomic E-state index is -0.506. The fourth-order valence-electron chi connectivity index (χ4n) is 4.58. The van der Waals surface area contributed by atoms with Gasteiger partial charge in [0.15, 0.2) is 16.7 Å². The Morgan fingerprint density at radius 2 is 1.85 bits per heavy atom. The third kappa shape index (κ3) is 7.67. The second-order valence-corrected chi connectivity index (χ2v) is 10.5. The van der Waals surface area contributed by atoms with E-state index in [1.807, 2.05) is 78.7 Å². The normalized spacial score (nSPS) is 11.0. The Labute approximate surface area is 275 Å². The number of carbonyl (C=O) groups excluding carboxylic acids is 1. The van der Waals surface area contributed by atoms with Crippen molar-refractivity contribution in [1.82, 2.24) is 30.2 Å². The number of nitrogen functional groups attached to an aromatic ring is 1. The lowest BCUT2D eigenvalue weighted by molar-refractivity contribution is 0.148. The second-order valence-electron chi connectivity index (χ2n) is 10.5. The van der Waals surface area contributed by atoms with E-state index in [9.17, 15) is 10.1 Å². The molecule has 238 valence electrons. The summed E-state index contributed by atoms with van der Waals surface area (Å²) in [6, 6.07) is 24.6. The van der Waals surface area contributed by atoms with E-state index < -0.39 is 6.09 Å². The van der Waals surface area contributed by atoms with Gasteiger partial charge in [-0.3, -0.25) is 0 Å². The summed E-state index contributed by atoms with van der Waals surface area (Å²) in [4.78, 5) is 33.8. The maximum atomic E-state index is 12.3. The van der Waals surface area contributed by atoms with Crippen molar-refractivity contribution in [2.24, 2.45) is 0 Å². The third-order valence-corrected chi connectivity index (χ3v) is 7.15. The quantitative estimate of drug-likeness (QED) is 0.136. The minimum absolute atomic E-state index is 0.0953. The van der Waals surface area contributed by atoms with E-state index in [-0.39, 0.29) is 30.6 Å². The van der Waals surface area contributed by atoms with Gasteiger partial charge in [-0.15, -0.1) is 0 Å². The van der Waals surface area contributed by atoms with Crippen molar-refractivity contribution in [2.75, 3.05) is 30.8 Å². The smallest absolute Gasteiger partial charge is 0.407 e. The molecule has 48 heavy (non-hydrogen) atoms. The number of fused-ring (bicyclic) bond motifs is 2. The summed E-state index contributed by atoms with van der Waals surface area (Å²) in [5, 5.41) is 12.3. The van der Waals surface area contributed by atoms with E-state index in [0.29, 0.717) is 41.2 Å². The SMILES string of the molecule is CN(CCOC(=O)NCc1ccc(COc2nc(N)nc3[nH]cnc23)cc1)c1ccc(C#C/C=C(\C#N)c2nc3ccccc3o2)cc1. The molecule has 0 aliphatic heterocycles. The Bertz CT molecular complexity index is 2150. The number of aromatic amines is 1. The number of allylic oxidation sites excluding steroid dienone is 2. The number of para-hydroxylation sites is 2. The molecule has 0 saturated carbocycles. The zero-order valence-corrected chi connectivity index (χ0v) is 25.8. The summed E-state index contributed by atoms with van der Waals surface area (Å²) in [5.41, 5.74) is 11.8. The van der Waals surface area contributed by atoms with Crippen LogP contribution in [-0.4, -0.2) is 51.2 Å². The Morgan fingerprint density at radius 3 is 2.65 bits per heavy atom. The molecular formula is C35H29N9O4. The first kappa shape index (κ1) is 31.1. The zero-order chi connectivity index (χ0) is 33.3. The number of rotatable bonds is 10. The number of hydrogen-bond donors (Lipinski definition) is 3. The number of anilines is 2. The fraction of sp³-hybridized carbons (Fsp3) is 0.143. The third-order valence-electron chi connectivity index (χ3n) is 7.15. The van der Waals surface area contributed by atoms with Crippen LogP contribution in [0.3, 0.4) is 0 Å². The number of imidazole rings is 1. The lowest BCUT2D eigenvalue weighted by Gasteiger charge is -2.19. The number of nitriles is 1. The van der Waals surface area contributed by atoms with Crippen LogP contribution in [0.2, 0.25) is 0 Å². The number of benzene rings is 3. The Kier molecular flexibility index (Phi) is 9.40. The number of hydrogen-bond acceptors (Lipinski definition) is 11. The highest BCUT2D eigenvalue weighted by Gasteiger charge is 2.11. The van der Waals surface area contributed by atoms with Crippen LogP contribution in [-0.2, 0) is 17.9 Å². The number of H-pyrrole nitrogens is 1. The molecule has 0 aliphatic rings. The van der Waals surface area contributed by atoms with E-state index >= 15 is 0 Å². The molecule has 0 bridgehead atoms. The molecule has 6 rings (SSSR count). The molecule has 3 heterocycles. The highest BCUT2D eigenvalue weighted by Crippen LogP contribution is 2.22. The van der Waals surface area contributed by atoms with Crippen molar-refractivity contribution >= 4 is 45.6 Å². The highest BCUT2D eigenvalue weighted by atomic mass is 16.5. The number of alkyl carbamates (subject to hydrolysis) is 1. The number of nitrogens with two attached hydrogens (primary N) is 1. The van der Waals surface area contributed by atoms with Gasteiger partial charge in [0.25, 0.3) is 0 Å². The molecule has 6 aromatic rings. The van der Waals surface area contributed by atoms with Gasteiger partial charge in [0.05, 0.1) is 12.9 Å². The molecule has 0 aliphatic carbocycles. The van der Waals surface area contributed by atoms with Gasteiger partial charge >= 0.3 is 6.09 Å². The maximum absolute atomic E-state index is 12.3. The molecule has 13 nitrogen and oxygen atoms in total. The Morgan fingerprint density at radius 1 is 1.06 bits per heavy atom. The van der Waals surface area contributed by atoms with Crippen LogP contribution >= 0.6 is 0 Å². The molecular weight excluding hydrogens is 610 g/mol. The molecule has 3 aromatic carbocycles. The van der Waals surface area contributed by atoms with E-state index in [1.54, 1.807) is 6.07 Å². The number of carbonyl (C=O) groups is 1. The number of likely N-dealkylation sites (N-methyl/N-ethyl adjacent to an activating group) is 1. The summed E-state index contributed by atoms with van der Waals surface area (Å²) in [5.74, 6) is 6.57. The van der Waals surface area contributed by atoms with Crippen LogP contribution in [0, 0.1) is 23.2 Å². The van der Waals surface area contributed by atoms with Crippen LogP contribution in [0.4, 0.5) is 16.4 Å². The maximum Gasteiger partial charge on any atom is 0.407 e. The summed E-state index contributed by atoms with van der Waals surface area (Å²) in [6.45, 7) is 1.28. The van der Waals surface area contributed by atoms with Gasteiger partial charge in [-0.25, -0.2) is 14.8 Å². The van der Waals surface area contributed by atoms with Crippen LogP contribution in [0.25, 0.3) is 27.8 Å². The molecule has 0 radical (unpaired) electrons. The van der Waals surface area contributed by atoms with Crippen LogP contribution in [0.5, 0.6) is 5.88 Å². The zero-order valence-electron chi connectivity index (χ0n) is 25.8. The van der Waals surface area contributed by atoms with Crippen molar-refractivity contribution in [3.8, 4) is 23.8 Å². The molecule has 0 atom stereocenters. The van der Waals surface area contributed by atoms with Gasteiger partial charge < -0.3 is 34.8 Å². The average molecular weight is 640 g/mol. The average Bonchev–Trinajstić information content (AvgIpc) is 3.76. The molecule has 4 N–H and O–H groups in total. The van der Waals surface area contributed by atoms with Crippen LogP contribution < -0.4 is 20.7 Å². The van der Waals surface area contributed by atoms with Gasteiger partial charge in [0.1, 0.15) is 30.4 Å².